The number of carbonyl (C=O) groups excluding carboxylic acids is 1. The van der Waals surface area contributed by atoms with Gasteiger partial charge in [0, 0.05) is 48.9 Å². The molecule has 0 unspecified atom stereocenters. The summed E-state index contributed by atoms with van der Waals surface area (Å²) in [5.41, 5.74) is 0.594. The monoisotopic (exact) mass is 530 g/mol. The van der Waals surface area contributed by atoms with E-state index in [9.17, 15) is 13.6 Å². The summed E-state index contributed by atoms with van der Waals surface area (Å²) in [6, 6.07) is 4.81. The summed E-state index contributed by atoms with van der Waals surface area (Å²) in [4.78, 5) is 18.7. The van der Waals surface area contributed by atoms with Gasteiger partial charge in [-0.2, -0.15) is 0 Å². The number of thiazole rings is 1. The van der Waals surface area contributed by atoms with Gasteiger partial charge in [-0.3, -0.25) is 10.2 Å². The molecule has 1 fully saturated rings. The van der Waals surface area contributed by atoms with Crippen LogP contribution in [0.15, 0.2) is 24.3 Å². The van der Waals surface area contributed by atoms with Crippen LogP contribution in [0.3, 0.4) is 0 Å². The maximum Gasteiger partial charge on any atom is 0.321 e. The standard InChI is InChI=1S/C22H22Cl2F2N4O3S/c1-12(19-13(23)2-3-14(25)20(19)24)33-17-11-18-16(10-15(17)26)28-22(34-18)29-21(31)27-4-5-30-6-8-32-9-7-30/h2-3,10-12H,4-9H2,1H3,(H2,27,28,29,31)/t12-/m0/s1. The Labute approximate surface area is 208 Å². The van der Waals surface area contributed by atoms with Gasteiger partial charge in [-0.1, -0.05) is 34.5 Å². The molecule has 2 N–H and O–H groups in total. The highest BCUT2D eigenvalue weighted by Crippen LogP contribution is 2.37. The molecule has 2 amide bonds. The molecule has 3 aromatic rings. The van der Waals surface area contributed by atoms with Crippen molar-refractivity contribution < 1.29 is 23.0 Å². The van der Waals surface area contributed by atoms with Crippen LogP contribution in [0.4, 0.5) is 18.7 Å². The Kier molecular flexibility index (Phi) is 8.05. The minimum Gasteiger partial charge on any atom is -0.483 e. The Morgan fingerprint density at radius 3 is 2.79 bits per heavy atom. The molecule has 7 nitrogen and oxygen atoms in total. The third-order valence-corrected chi connectivity index (χ3v) is 6.92. The average Bonchev–Trinajstić information content (AvgIpc) is 3.18. The van der Waals surface area contributed by atoms with E-state index >= 15 is 0 Å². The first-order valence-electron chi connectivity index (χ1n) is 10.6. The van der Waals surface area contributed by atoms with Gasteiger partial charge in [0.05, 0.1) is 28.5 Å². The summed E-state index contributed by atoms with van der Waals surface area (Å²) >= 11 is 13.3. The van der Waals surface area contributed by atoms with E-state index in [1.165, 1.54) is 29.5 Å². The van der Waals surface area contributed by atoms with Crippen LogP contribution in [-0.2, 0) is 4.74 Å². The molecule has 0 bridgehead atoms. The van der Waals surface area contributed by atoms with Gasteiger partial charge in [0.2, 0.25) is 0 Å². The Hall–Kier alpha value is -2.24. The zero-order valence-electron chi connectivity index (χ0n) is 18.2. The fourth-order valence-electron chi connectivity index (χ4n) is 3.53. The van der Waals surface area contributed by atoms with Crippen LogP contribution in [0.2, 0.25) is 10.0 Å². The summed E-state index contributed by atoms with van der Waals surface area (Å²) < 4.78 is 40.1. The fraction of sp³-hybridized carbons (Fsp3) is 0.364. The molecule has 0 radical (unpaired) electrons. The third-order valence-electron chi connectivity index (χ3n) is 5.27. The van der Waals surface area contributed by atoms with Gasteiger partial charge in [0.15, 0.2) is 16.7 Å². The SMILES string of the molecule is C[C@H](Oc1cc2sc(NC(=O)NCCN3CCOCC3)nc2cc1F)c1c(Cl)ccc(F)c1Cl. The second-order valence-electron chi connectivity index (χ2n) is 7.62. The molecule has 1 saturated heterocycles. The van der Waals surface area contributed by atoms with E-state index in [2.05, 4.69) is 20.5 Å². The van der Waals surface area contributed by atoms with Gasteiger partial charge in [0.25, 0.3) is 0 Å². The lowest BCUT2D eigenvalue weighted by molar-refractivity contribution is 0.0388. The van der Waals surface area contributed by atoms with Gasteiger partial charge in [-0.05, 0) is 19.1 Å². The molecule has 1 atom stereocenters. The van der Waals surface area contributed by atoms with E-state index in [1.807, 2.05) is 0 Å². The van der Waals surface area contributed by atoms with Gasteiger partial charge < -0.3 is 14.8 Å². The highest BCUT2D eigenvalue weighted by molar-refractivity contribution is 7.22. The first-order valence-corrected chi connectivity index (χ1v) is 12.1. The van der Waals surface area contributed by atoms with Gasteiger partial charge in [0.1, 0.15) is 11.9 Å². The van der Waals surface area contributed by atoms with Crippen molar-refractivity contribution >= 4 is 55.9 Å². The Morgan fingerprint density at radius 2 is 2.03 bits per heavy atom. The van der Waals surface area contributed by atoms with Crippen molar-refractivity contribution in [2.45, 2.75) is 13.0 Å². The molecule has 0 aliphatic carbocycles. The first kappa shape index (κ1) is 24.9. The largest absolute Gasteiger partial charge is 0.483 e. The van der Waals surface area contributed by atoms with Crippen molar-refractivity contribution in [3.63, 3.8) is 0 Å². The van der Waals surface area contributed by atoms with Gasteiger partial charge in [-0.25, -0.2) is 18.6 Å². The van der Waals surface area contributed by atoms with Crippen LogP contribution in [0, 0.1) is 11.6 Å². The summed E-state index contributed by atoms with van der Waals surface area (Å²) in [6.45, 7) is 5.87. The maximum absolute atomic E-state index is 14.7. The lowest BCUT2D eigenvalue weighted by Gasteiger charge is -2.26. The van der Waals surface area contributed by atoms with E-state index in [-0.39, 0.29) is 21.4 Å². The fourth-order valence-corrected chi connectivity index (χ4v) is 5.08. The molecule has 34 heavy (non-hydrogen) atoms. The Morgan fingerprint density at radius 1 is 1.26 bits per heavy atom. The lowest BCUT2D eigenvalue weighted by Crippen LogP contribution is -2.42. The number of ether oxygens (including phenoxy) is 2. The van der Waals surface area contributed by atoms with Crippen LogP contribution < -0.4 is 15.4 Å². The van der Waals surface area contributed by atoms with Gasteiger partial charge in [-0.15, -0.1) is 0 Å². The molecular formula is C22H22Cl2F2N4O3S. The number of nitrogens with zero attached hydrogens (tertiary/aromatic N) is 2. The predicted octanol–water partition coefficient (Wildman–Crippen LogP) is 5.48. The number of fused-ring (bicyclic) bond motifs is 1. The average molecular weight is 531 g/mol. The van der Waals surface area contributed by atoms with E-state index in [4.69, 9.17) is 32.7 Å². The normalized spacial score (nSPS) is 15.3. The number of hydrogen-bond acceptors (Lipinski definition) is 6. The summed E-state index contributed by atoms with van der Waals surface area (Å²) in [6.07, 6.45) is -0.814. The summed E-state index contributed by atoms with van der Waals surface area (Å²) in [7, 11) is 0. The predicted molar refractivity (Wildman–Crippen MR) is 129 cm³/mol. The van der Waals surface area contributed by atoms with Crippen molar-refractivity contribution in [2.24, 2.45) is 0 Å². The number of carbonyl (C=O) groups is 1. The minimum atomic E-state index is -0.814. The van der Waals surface area contributed by atoms with Crippen LogP contribution in [0.5, 0.6) is 5.75 Å². The molecule has 2 aromatic carbocycles. The number of halogens is 4. The van der Waals surface area contributed by atoms with E-state index in [0.29, 0.717) is 35.1 Å². The molecule has 1 aliphatic heterocycles. The maximum atomic E-state index is 14.7. The van der Waals surface area contributed by atoms with Crippen molar-refractivity contribution in [3.05, 3.63) is 51.5 Å². The first-order chi connectivity index (χ1) is 16.3. The number of urea groups is 1. The van der Waals surface area contributed by atoms with Crippen LogP contribution >= 0.6 is 34.5 Å². The topological polar surface area (TPSA) is 75.7 Å². The number of anilines is 1. The minimum absolute atomic E-state index is 0.0680. The summed E-state index contributed by atoms with van der Waals surface area (Å²) in [5.74, 6) is -1.37. The molecule has 0 spiro atoms. The Bertz CT molecular complexity index is 1190. The molecule has 4 rings (SSSR count). The molecule has 182 valence electrons. The zero-order valence-corrected chi connectivity index (χ0v) is 20.5. The highest BCUT2D eigenvalue weighted by Gasteiger charge is 2.21. The van der Waals surface area contributed by atoms with Crippen LogP contribution in [0.25, 0.3) is 10.2 Å². The number of morpholine rings is 1. The quantitative estimate of drug-likeness (QED) is 0.396. The molecule has 12 heteroatoms. The number of benzene rings is 2. The van der Waals surface area contributed by atoms with Crippen LogP contribution in [0.1, 0.15) is 18.6 Å². The van der Waals surface area contributed by atoms with E-state index in [1.54, 1.807) is 6.92 Å². The number of amides is 2. The molecule has 0 saturated carbocycles. The molecule has 2 heterocycles. The summed E-state index contributed by atoms with van der Waals surface area (Å²) in [5, 5.41) is 5.81. The van der Waals surface area contributed by atoms with Crippen molar-refractivity contribution in [1.82, 2.24) is 15.2 Å². The second kappa shape index (κ2) is 11.0. The van der Waals surface area contributed by atoms with Gasteiger partial charge >= 0.3 is 6.03 Å². The zero-order chi connectivity index (χ0) is 24.2. The number of aromatic nitrogens is 1. The second-order valence-corrected chi connectivity index (χ2v) is 9.44. The molecule has 1 aromatic heterocycles. The lowest BCUT2D eigenvalue weighted by atomic mass is 10.1. The Balaban J connectivity index is 1.40. The molecular weight excluding hydrogens is 509 g/mol. The molecule has 1 aliphatic rings. The third kappa shape index (κ3) is 5.87. The number of nitrogens with one attached hydrogen (secondary N) is 2. The number of hydrogen-bond donors (Lipinski definition) is 2. The van der Waals surface area contributed by atoms with Crippen molar-refractivity contribution in [1.29, 1.82) is 0 Å². The van der Waals surface area contributed by atoms with Crippen molar-refractivity contribution in [2.75, 3.05) is 44.7 Å². The number of rotatable bonds is 7. The van der Waals surface area contributed by atoms with Crippen molar-refractivity contribution in [3.8, 4) is 5.75 Å². The van der Waals surface area contributed by atoms with Crippen LogP contribution in [-0.4, -0.2) is 55.3 Å². The smallest absolute Gasteiger partial charge is 0.321 e. The van der Waals surface area contributed by atoms with E-state index < -0.39 is 23.8 Å². The van der Waals surface area contributed by atoms with E-state index in [0.717, 1.165) is 25.7 Å². The highest BCUT2D eigenvalue weighted by atomic mass is 35.5.